The first-order valence-electron chi connectivity index (χ1n) is 9.96. The number of carbonyl (C=O) groups excluding carboxylic acids is 2. The fourth-order valence-electron chi connectivity index (χ4n) is 2.78. The Morgan fingerprint density at radius 3 is 2.48 bits per heavy atom. The van der Waals surface area contributed by atoms with E-state index in [-0.39, 0.29) is 18.3 Å². The van der Waals surface area contributed by atoms with Crippen molar-refractivity contribution >= 4 is 27.8 Å². The molecule has 0 spiro atoms. The van der Waals surface area contributed by atoms with Crippen LogP contribution in [0.15, 0.2) is 53.0 Å². The SMILES string of the molecule is CCCCOc1ccc(C(=O)N(CCC(=O)OCC)Cc2ccccc2)cc1Br. The van der Waals surface area contributed by atoms with E-state index < -0.39 is 0 Å². The molecule has 2 aromatic carbocycles. The molecule has 0 N–H and O–H groups in total. The van der Waals surface area contributed by atoms with Gasteiger partial charge in [-0.2, -0.15) is 0 Å². The highest BCUT2D eigenvalue weighted by Gasteiger charge is 2.19. The minimum Gasteiger partial charge on any atom is -0.492 e. The van der Waals surface area contributed by atoms with E-state index in [0.717, 1.165) is 28.6 Å². The molecule has 0 aliphatic carbocycles. The molecule has 0 heterocycles. The van der Waals surface area contributed by atoms with Gasteiger partial charge in [-0.3, -0.25) is 9.59 Å². The summed E-state index contributed by atoms with van der Waals surface area (Å²) in [5, 5.41) is 0. The smallest absolute Gasteiger partial charge is 0.307 e. The Bertz CT molecular complexity index is 795. The van der Waals surface area contributed by atoms with Crippen molar-refractivity contribution in [1.29, 1.82) is 0 Å². The molecular weight excluding hydrogens is 434 g/mol. The van der Waals surface area contributed by atoms with Crippen molar-refractivity contribution in [3.63, 3.8) is 0 Å². The molecule has 0 aliphatic heterocycles. The third-order valence-corrected chi connectivity index (χ3v) is 4.95. The van der Waals surface area contributed by atoms with Gasteiger partial charge in [0.15, 0.2) is 0 Å². The number of unbranched alkanes of at least 4 members (excludes halogenated alkanes) is 1. The maximum atomic E-state index is 13.2. The fraction of sp³-hybridized carbons (Fsp3) is 0.391. The van der Waals surface area contributed by atoms with Crippen LogP contribution in [-0.2, 0) is 16.1 Å². The van der Waals surface area contributed by atoms with Crippen molar-refractivity contribution in [1.82, 2.24) is 4.90 Å². The summed E-state index contributed by atoms with van der Waals surface area (Å²) >= 11 is 3.50. The molecule has 0 unspecified atom stereocenters. The van der Waals surface area contributed by atoms with E-state index in [1.807, 2.05) is 30.3 Å². The zero-order valence-electron chi connectivity index (χ0n) is 17.0. The largest absolute Gasteiger partial charge is 0.492 e. The summed E-state index contributed by atoms with van der Waals surface area (Å²) in [5.74, 6) is 0.273. The van der Waals surface area contributed by atoms with E-state index in [2.05, 4.69) is 22.9 Å². The lowest BCUT2D eigenvalue weighted by Crippen LogP contribution is -2.33. The maximum absolute atomic E-state index is 13.2. The number of hydrogen-bond donors (Lipinski definition) is 0. The molecule has 2 aromatic rings. The first kappa shape index (κ1) is 22.9. The second-order valence-electron chi connectivity index (χ2n) is 6.61. The Hall–Kier alpha value is -2.34. The second-order valence-corrected chi connectivity index (χ2v) is 7.47. The molecular formula is C23H28BrNO4. The number of carbonyl (C=O) groups is 2. The monoisotopic (exact) mass is 461 g/mol. The second kappa shape index (κ2) is 12.3. The average molecular weight is 462 g/mol. The van der Waals surface area contributed by atoms with Gasteiger partial charge in [0.1, 0.15) is 5.75 Å². The third-order valence-electron chi connectivity index (χ3n) is 4.33. The summed E-state index contributed by atoms with van der Waals surface area (Å²) in [6.07, 6.45) is 2.20. The quantitative estimate of drug-likeness (QED) is 0.339. The number of rotatable bonds is 11. The molecule has 156 valence electrons. The van der Waals surface area contributed by atoms with E-state index in [1.54, 1.807) is 30.0 Å². The molecule has 0 saturated carbocycles. The van der Waals surface area contributed by atoms with E-state index >= 15 is 0 Å². The van der Waals surface area contributed by atoms with Crippen LogP contribution in [-0.4, -0.2) is 36.5 Å². The lowest BCUT2D eigenvalue weighted by Gasteiger charge is -2.23. The third kappa shape index (κ3) is 7.54. The highest BCUT2D eigenvalue weighted by molar-refractivity contribution is 9.10. The molecule has 1 amide bonds. The van der Waals surface area contributed by atoms with Crippen LogP contribution in [0, 0.1) is 0 Å². The van der Waals surface area contributed by atoms with E-state index in [0.29, 0.717) is 31.9 Å². The zero-order chi connectivity index (χ0) is 21.1. The van der Waals surface area contributed by atoms with E-state index in [9.17, 15) is 9.59 Å². The fourth-order valence-corrected chi connectivity index (χ4v) is 3.27. The number of esters is 1. The summed E-state index contributed by atoms with van der Waals surface area (Å²) < 4.78 is 11.5. The number of amides is 1. The lowest BCUT2D eigenvalue weighted by atomic mass is 10.1. The number of hydrogen-bond acceptors (Lipinski definition) is 4. The van der Waals surface area contributed by atoms with Crippen molar-refractivity contribution in [2.45, 2.75) is 39.7 Å². The summed E-state index contributed by atoms with van der Waals surface area (Å²) in [5.41, 5.74) is 1.54. The average Bonchev–Trinajstić information content (AvgIpc) is 2.73. The Labute approximate surface area is 181 Å². The van der Waals surface area contributed by atoms with Gasteiger partial charge in [-0.15, -0.1) is 0 Å². The minimum absolute atomic E-state index is 0.140. The first-order chi connectivity index (χ1) is 14.0. The van der Waals surface area contributed by atoms with Gasteiger partial charge in [0, 0.05) is 18.7 Å². The summed E-state index contributed by atoms with van der Waals surface area (Å²) in [4.78, 5) is 26.6. The van der Waals surface area contributed by atoms with Crippen molar-refractivity contribution in [3.8, 4) is 5.75 Å². The van der Waals surface area contributed by atoms with Crippen LogP contribution in [0.25, 0.3) is 0 Å². The first-order valence-corrected chi connectivity index (χ1v) is 10.8. The van der Waals surface area contributed by atoms with Gasteiger partial charge in [0.25, 0.3) is 5.91 Å². The molecule has 5 nitrogen and oxygen atoms in total. The van der Waals surface area contributed by atoms with Crippen LogP contribution in [0.3, 0.4) is 0 Å². The van der Waals surface area contributed by atoms with E-state index in [4.69, 9.17) is 9.47 Å². The van der Waals surface area contributed by atoms with E-state index in [1.165, 1.54) is 0 Å². The van der Waals surface area contributed by atoms with Crippen molar-refractivity contribution in [3.05, 3.63) is 64.1 Å². The number of benzene rings is 2. The van der Waals surface area contributed by atoms with Gasteiger partial charge in [0.05, 0.1) is 24.1 Å². The maximum Gasteiger partial charge on any atom is 0.307 e. The molecule has 29 heavy (non-hydrogen) atoms. The standard InChI is InChI=1S/C23H28BrNO4/c1-3-5-15-29-21-12-11-19(16-20(21)24)23(27)25(14-13-22(26)28-4-2)17-18-9-7-6-8-10-18/h6-12,16H,3-5,13-15,17H2,1-2H3. The predicted molar refractivity (Wildman–Crippen MR) is 117 cm³/mol. The van der Waals surface area contributed by atoms with Crippen LogP contribution in [0.2, 0.25) is 0 Å². The van der Waals surface area contributed by atoms with Crippen LogP contribution in [0.4, 0.5) is 0 Å². The van der Waals surface area contributed by atoms with Gasteiger partial charge >= 0.3 is 5.97 Å². The minimum atomic E-state index is -0.306. The summed E-state index contributed by atoms with van der Waals surface area (Å²) in [7, 11) is 0. The van der Waals surface area contributed by atoms with Crippen LogP contribution >= 0.6 is 15.9 Å². The van der Waals surface area contributed by atoms with Gasteiger partial charge in [0.2, 0.25) is 0 Å². The molecule has 0 saturated heterocycles. The molecule has 0 fully saturated rings. The highest BCUT2D eigenvalue weighted by atomic mass is 79.9. The highest BCUT2D eigenvalue weighted by Crippen LogP contribution is 2.27. The Balaban J connectivity index is 2.14. The van der Waals surface area contributed by atoms with Gasteiger partial charge < -0.3 is 14.4 Å². The van der Waals surface area contributed by atoms with Crippen LogP contribution < -0.4 is 4.74 Å². The molecule has 6 heteroatoms. The normalized spacial score (nSPS) is 10.4. The summed E-state index contributed by atoms with van der Waals surface area (Å²) in [6, 6.07) is 15.1. The van der Waals surface area contributed by atoms with Gasteiger partial charge in [-0.05, 0) is 53.0 Å². The number of ether oxygens (including phenoxy) is 2. The van der Waals surface area contributed by atoms with Crippen LogP contribution in [0.1, 0.15) is 49.0 Å². The van der Waals surface area contributed by atoms with Crippen molar-refractivity contribution in [2.75, 3.05) is 19.8 Å². The molecule has 2 rings (SSSR count). The summed E-state index contributed by atoms with van der Waals surface area (Å²) in [6.45, 7) is 5.56. The number of nitrogens with zero attached hydrogens (tertiary/aromatic N) is 1. The van der Waals surface area contributed by atoms with Gasteiger partial charge in [-0.1, -0.05) is 43.7 Å². The predicted octanol–water partition coefficient (Wildman–Crippen LogP) is 5.22. The molecule has 0 aliphatic rings. The topological polar surface area (TPSA) is 55.8 Å². The molecule has 0 atom stereocenters. The zero-order valence-corrected chi connectivity index (χ0v) is 18.6. The molecule has 0 radical (unpaired) electrons. The Kier molecular flexibility index (Phi) is 9.71. The molecule has 0 aromatic heterocycles. The van der Waals surface area contributed by atoms with Crippen molar-refractivity contribution in [2.24, 2.45) is 0 Å². The lowest BCUT2D eigenvalue weighted by molar-refractivity contribution is -0.143. The number of halogens is 1. The molecule has 0 bridgehead atoms. The van der Waals surface area contributed by atoms with Crippen LogP contribution in [0.5, 0.6) is 5.75 Å². The Morgan fingerprint density at radius 2 is 1.83 bits per heavy atom. The Morgan fingerprint density at radius 1 is 1.07 bits per heavy atom. The van der Waals surface area contributed by atoms with Gasteiger partial charge in [-0.25, -0.2) is 0 Å². The van der Waals surface area contributed by atoms with Crippen molar-refractivity contribution < 1.29 is 19.1 Å².